The Morgan fingerprint density at radius 1 is 0.759 bits per heavy atom. The van der Waals surface area contributed by atoms with Crippen molar-refractivity contribution in [2.45, 2.75) is 11.8 Å². The van der Waals surface area contributed by atoms with Crippen molar-refractivity contribution < 1.29 is 8.42 Å². The van der Waals surface area contributed by atoms with Crippen molar-refractivity contribution in [1.29, 1.82) is 0 Å². The molecule has 2 aromatic carbocycles. The third kappa shape index (κ3) is 3.93. The molecule has 2 aromatic rings. The van der Waals surface area contributed by atoms with E-state index in [2.05, 4.69) is 22.9 Å². The maximum atomic E-state index is 12.9. The van der Waals surface area contributed by atoms with Gasteiger partial charge in [0, 0.05) is 11.8 Å². The van der Waals surface area contributed by atoms with Gasteiger partial charge in [0.1, 0.15) is 0 Å². The van der Waals surface area contributed by atoms with Gasteiger partial charge in [-0.25, -0.2) is 8.42 Å². The molecular formula is C25H21NO2S. The lowest BCUT2D eigenvalue weighted by molar-refractivity contribution is 0.590. The molecule has 144 valence electrons. The molecule has 2 aliphatic carbocycles. The van der Waals surface area contributed by atoms with Crippen LogP contribution in [0.4, 0.5) is 0 Å². The highest BCUT2D eigenvalue weighted by Gasteiger charge is 2.17. The molecule has 0 radical (unpaired) electrons. The monoisotopic (exact) mass is 399 g/mol. The summed E-state index contributed by atoms with van der Waals surface area (Å²) in [4.78, 5) is 0.280. The van der Waals surface area contributed by atoms with Crippen LogP contribution in [0.1, 0.15) is 16.7 Å². The molecule has 1 N–H and O–H groups in total. The van der Waals surface area contributed by atoms with Crippen molar-refractivity contribution >= 4 is 15.6 Å². The summed E-state index contributed by atoms with van der Waals surface area (Å²) in [5, 5.41) is 0. The molecule has 0 saturated heterocycles. The highest BCUT2D eigenvalue weighted by molar-refractivity contribution is 7.89. The molecule has 0 bridgehead atoms. The highest BCUT2D eigenvalue weighted by atomic mass is 32.2. The van der Waals surface area contributed by atoms with Crippen molar-refractivity contribution in [1.82, 2.24) is 4.72 Å². The second kappa shape index (κ2) is 7.94. The van der Waals surface area contributed by atoms with E-state index in [0.29, 0.717) is 5.56 Å². The van der Waals surface area contributed by atoms with Crippen molar-refractivity contribution in [3.8, 4) is 11.1 Å². The normalized spacial score (nSPS) is 12.1. The van der Waals surface area contributed by atoms with E-state index in [0.717, 1.165) is 27.8 Å². The van der Waals surface area contributed by atoms with Gasteiger partial charge in [0.05, 0.1) is 4.90 Å². The van der Waals surface area contributed by atoms with E-state index in [1.807, 2.05) is 60.7 Å². The van der Waals surface area contributed by atoms with Crippen molar-refractivity contribution in [3.05, 3.63) is 120 Å². The topological polar surface area (TPSA) is 46.2 Å². The van der Waals surface area contributed by atoms with Crippen LogP contribution in [-0.4, -0.2) is 8.42 Å². The Labute approximate surface area is 171 Å². The van der Waals surface area contributed by atoms with Crippen LogP contribution in [0.3, 0.4) is 0 Å². The van der Waals surface area contributed by atoms with E-state index in [1.54, 1.807) is 31.3 Å². The van der Waals surface area contributed by atoms with Crippen LogP contribution in [0, 0.1) is 6.92 Å². The third-order valence-electron chi connectivity index (χ3n) is 4.91. The van der Waals surface area contributed by atoms with Crippen molar-refractivity contribution in [2.75, 3.05) is 0 Å². The van der Waals surface area contributed by atoms with Gasteiger partial charge in [-0.1, -0.05) is 91.0 Å². The first-order valence-electron chi connectivity index (χ1n) is 9.38. The SMILES string of the molecule is Cc1ccccc1S(=O)(=O)NC=C(c1ccccc1)c1ccc2cccccc1-2. The Bertz CT molecular complexity index is 1240. The molecular weight excluding hydrogens is 378 g/mol. The predicted octanol–water partition coefficient (Wildman–Crippen LogP) is 5.47. The first-order valence-corrected chi connectivity index (χ1v) is 10.9. The number of hydrogen-bond donors (Lipinski definition) is 1. The van der Waals surface area contributed by atoms with Gasteiger partial charge in [0.2, 0.25) is 0 Å². The Hall–Kier alpha value is -3.37. The maximum Gasteiger partial charge on any atom is 0.261 e. The summed E-state index contributed by atoms with van der Waals surface area (Å²) < 4.78 is 28.5. The van der Waals surface area contributed by atoms with Crippen LogP contribution in [0.5, 0.6) is 0 Å². The summed E-state index contributed by atoms with van der Waals surface area (Å²) in [5.74, 6) is 0. The minimum Gasteiger partial charge on any atom is -0.286 e. The van der Waals surface area contributed by atoms with Crippen LogP contribution in [0.25, 0.3) is 16.7 Å². The van der Waals surface area contributed by atoms with E-state index >= 15 is 0 Å². The maximum absolute atomic E-state index is 12.9. The van der Waals surface area contributed by atoms with Crippen LogP contribution in [0.15, 0.2) is 108 Å². The number of benzene rings is 2. The lowest BCUT2D eigenvalue weighted by Gasteiger charge is -2.12. The molecule has 4 rings (SSSR count). The largest absolute Gasteiger partial charge is 0.286 e. The second-order valence-corrected chi connectivity index (χ2v) is 8.52. The van der Waals surface area contributed by atoms with Gasteiger partial charge < -0.3 is 0 Å². The van der Waals surface area contributed by atoms with Gasteiger partial charge in [0.15, 0.2) is 0 Å². The van der Waals surface area contributed by atoms with Gasteiger partial charge in [-0.3, -0.25) is 4.72 Å². The third-order valence-corrected chi connectivity index (χ3v) is 6.37. The van der Waals surface area contributed by atoms with Gasteiger partial charge >= 0.3 is 0 Å². The number of sulfonamides is 1. The fourth-order valence-electron chi connectivity index (χ4n) is 3.44. The number of hydrogen-bond acceptors (Lipinski definition) is 2. The number of rotatable bonds is 5. The lowest BCUT2D eigenvalue weighted by Crippen LogP contribution is -2.19. The number of fused-ring (bicyclic) bond motifs is 1. The molecule has 29 heavy (non-hydrogen) atoms. The molecule has 0 heterocycles. The fourth-order valence-corrected chi connectivity index (χ4v) is 4.59. The van der Waals surface area contributed by atoms with E-state index in [1.165, 1.54) is 0 Å². The Morgan fingerprint density at radius 2 is 1.41 bits per heavy atom. The Kier molecular flexibility index (Phi) is 5.19. The summed E-state index contributed by atoms with van der Waals surface area (Å²) in [6, 6.07) is 30.9. The van der Waals surface area contributed by atoms with E-state index in [4.69, 9.17) is 0 Å². The Morgan fingerprint density at radius 3 is 2.17 bits per heavy atom. The molecule has 0 aromatic heterocycles. The summed E-state index contributed by atoms with van der Waals surface area (Å²) in [7, 11) is -3.68. The van der Waals surface area contributed by atoms with E-state index in [-0.39, 0.29) is 4.90 Å². The summed E-state index contributed by atoms with van der Waals surface area (Å²) in [6.07, 6.45) is 1.60. The van der Waals surface area contributed by atoms with Crippen LogP contribution in [-0.2, 0) is 10.0 Å². The molecule has 0 amide bonds. The average Bonchev–Trinajstić information content (AvgIpc) is 2.97. The zero-order chi connectivity index (χ0) is 20.3. The van der Waals surface area contributed by atoms with E-state index in [9.17, 15) is 8.42 Å². The first kappa shape index (κ1) is 19.0. The van der Waals surface area contributed by atoms with Gasteiger partial charge in [-0.05, 0) is 40.8 Å². The molecule has 4 heteroatoms. The quantitative estimate of drug-likeness (QED) is 0.484. The molecule has 0 aliphatic heterocycles. The fraction of sp³-hybridized carbons (Fsp3) is 0.0400. The minimum absolute atomic E-state index is 0.280. The molecule has 0 unspecified atom stereocenters. The van der Waals surface area contributed by atoms with Crippen LogP contribution in [0.2, 0.25) is 0 Å². The number of nitrogens with one attached hydrogen (secondary N) is 1. The van der Waals surface area contributed by atoms with Crippen molar-refractivity contribution in [3.63, 3.8) is 0 Å². The minimum atomic E-state index is -3.68. The van der Waals surface area contributed by atoms with Gasteiger partial charge in [-0.2, -0.15) is 0 Å². The second-order valence-electron chi connectivity index (χ2n) is 6.84. The molecule has 0 saturated carbocycles. The zero-order valence-electron chi connectivity index (χ0n) is 16.0. The van der Waals surface area contributed by atoms with Crippen molar-refractivity contribution in [2.24, 2.45) is 0 Å². The smallest absolute Gasteiger partial charge is 0.261 e. The van der Waals surface area contributed by atoms with Crippen LogP contribution < -0.4 is 4.72 Å². The lowest BCUT2D eigenvalue weighted by atomic mass is 9.97. The Balaban J connectivity index is 1.81. The summed E-state index contributed by atoms with van der Waals surface area (Å²) >= 11 is 0. The molecule has 3 nitrogen and oxygen atoms in total. The van der Waals surface area contributed by atoms with Gasteiger partial charge in [-0.15, -0.1) is 0 Å². The first-order chi connectivity index (χ1) is 14.1. The highest BCUT2D eigenvalue weighted by Crippen LogP contribution is 2.35. The summed E-state index contributed by atoms with van der Waals surface area (Å²) in [6.45, 7) is 1.79. The molecule has 0 spiro atoms. The standard InChI is InChI=1S/C25H21NO2S/c1-19-10-8-9-15-25(19)29(27,28)26-18-24(20-11-4-2-5-12-20)23-17-16-21-13-6-3-7-14-22(21)23/h2-18,26H,1H3. The molecule has 0 fully saturated rings. The van der Waals surface area contributed by atoms with E-state index < -0.39 is 10.0 Å². The van der Waals surface area contributed by atoms with Gasteiger partial charge in [0.25, 0.3) is 10.0 Å². The number of aryl methyl sites for hydroxylation is 1. The van der Waals surface area contributed by atoms with Crippen LogP contribution >= 0.6 is 0 Å². The molecule has 0 atom stereocenters. The average molecular weight is 400 g/mol. The molecule has 2 aliphatic rings. The summed E-state index contributed by atoms with van der Waals surface area (Å²) in [5.41, 5.74) is 5.63. The zero-order valence-corrected chi connectivity index (χ0v) is 16.9. The predicted molar refractivity (Wildman–Crippen MR) is 118 cm³/mol.